The average Bonchev–Trinajstić information content (AvgIpc) is 3.11. The van der Waals surface area contributed by atoms with Gasteiger partial charge < -0.3 is 9.47 Å². The molecule has 34 heavy (non-hydrogen) atoms. The summed E-state index contributed by atoms with van der Waals surface area (Å²) < 4.78 is 11.8. The standard InChI is InChI=1S/C28H31NO4S/c1-3-10-23-15-22(16-24(32-2)26(23)33-19-21-13-8-5-9-14-21)17-25-27(30)29(28(31)34-25)18-20-11-6-4-7-12-20/h3,5,8-9,13-17,20H,1,4,6-7,10-12,18-19H2,2H3/b25-17+. The monoisotopic (exact) mass is 477 g/mol. The van der Waals surface area contributed by atoms with E-state index in [0.717, 1.165) is 41.3 Å². The number of rotatable bonds is 9. The van der Waals surface area contributed by atoms with E-state index in [1.807, 2.05) is 48.5 Å². The maximum absolute atomic E-state index is 13.0. The lowest BCUT2D eigenvalue weighted by Crippen LogP contribution is -2.34. The van der Waals surface area contributed by atoms with E-state index in [2.05, 4.69) is 6.58 Å². The molecule has 0 aromatic heterocycles. The minimum atomic E-state index is -0.200. The molecule has 2 aromatic rings. The lowest BCUT2D eigenvalue weighted by atomic mass is 9.89. The molecule has 0 bridgehead atoms. The Bertz CT molecular complexity index is 1070. The molecule has 5 nitrogen and oxygen atoms in total. The van der Waals surface area contributed by atoms with Gasteiger partial charge in [0.25, 0.3) is 11.1 Å². The van der Waals surface area contributed by atoms with Crippen LogP contribution in [0.5, 0.6) is 11.5 Å². The average molecular weight is 478 g/mol. The summed E-state index contributed by atoms with van der Waals surface area (Å²) in [5, 5.41) is -0.178. The van der Waals surface area contributed by atoms with Crippen LogP contribution in [0.2, 0.25) is 0 Å². The van der Waals surface area contributed by atoms with Crippen molar-refractivity contribution in [3.05, 3.63) is 76.7 Å². The van der Waals surface area contributed by atoms with Gasteiger partial charge in [-0.3, -0.25) is 14.5 Å². The van der Waals surface area contributed by atoms with Crippen molar-refractivity contribution < 1.29 is 19.1 Å². The van der Waals surface area contributed by atoms with E-state index in [9.17, 15) is 9.59 Å². The molecule has 1 heterocycles. The van der Waals surface area contributed by atoms with Crippen LogP contribution >= 0.6 is 11.8 Å². The smallest absolute Gasteiger partial charge is 0.293 e. The molecule has 2 aromatic carbocycles. The molecule has 0 unspecified atom stereocenters. The van der Waals surface area contributed by atoms with Crippen LogP contribution in [0.4, 0.5) is 4.79 Å². The summed E-state index contributed by atoms with van der Waals surface area (Å²) in [6.07, 6.45) is 9.97. The second-order valence-electron chi connectivity index (χ2n) is 8.77. The highest BCUT2D eigenvalue weighted by Gasteiger charge is 2.36. The maximum atomic E-state index is 13.0. The summed E-state index contributed by atoms with van der Waals surface area (Å²) in [5.74, 6) is 1.47. The zero-order chi connectivity index (χ0) is 23.9. The first kappa shape index (κ1) is 24.1. The number of hydrogen-bond donors (Lipinski definition) is 0. The number of benzene rings is 2. The lowest BCUT2D eigenvalue weighted by molar-refractivity contribution is -0.123. The lowest BCUT2D eigenvalue weighted by Gasteiger charge is -2.25. The second-order valence-corrected chi connectivity index (χ2v) is 9.77. The number of carbonyl (C=O) groups excluding carboxylic acids is 2. The Labute approximate surface area is 205 Å². The quantitative estimate of drug-likeness (QED) is 0.300. The Morgan fingerprint density at radius 1 is 1.12 bits per heavy atom. The Balaban J connectivity index is 1.56. The third kappa shape index (κ3) is 5.73. The molecule has 6 heteroatoms. The molecule has 2 amide bonds. The van der Waals surface area contributed by atoms with E-state index in [1.165, 1.54) is 24.2 Å². The number of thioether (sulfide) groups is 1. The summed E-state index contributed by atoms with van der Waals surface area (Å²) in [4.78, 5) is 27.5. The third-order valence-corrected chi connectivity index (χ3v) is 7.21. The number of amides is 2. The van der Waals surface area contributed by atoms with E-state index in [0.29, 0.717) is 41.9 Å². The van der Waals surface area contributed by atoms with Crippen molar-refractivity contribution in [1.29, 1.82) is 0 Å². The molecule has 0 radical (unpaired) electrons. The maximum Gasteiger partial charge on any atom is 0.293 e. The van der Waals surface area contributed by atoms with Crippen molar-refractivity contribution in [1.82, 2.24) is 4.90 Å². The molecule has 0 N–H and O–H groups in total. The Morgan fingerprint density at radius 2 is 1.88 bits per heavy atom. The molecule has 1 aliphatic heterocycles. The van der Waals surface area contributed by atoms with Gasteiger partial charge in [0.05, 0.1) is 12.0 Å². The van der Waals surface area contributed by atoms with E-state index >= 15 is 0 Å². The molecule has 1 aliphatic carbocycles. The van der Waals surface area contributed by atoms with Crippen molar-refractivity contribution in [2.24, 2.45) is 5.92 Å². The zero-order valence-corrected chi connectivity index (χ0v) is 20.4. The molecular formula is C28H31NO4S. The summed E-state index contributed by atoms with van der Waals surface area (Å²) in [6.45, 7) is 4.81. The molecule has 1 saturated heterocycles. The summed E-state index contributed by atoms with van der Waals surface area (Å²) in [6, 6.07) is 13.8. The van der Waals surface area contributed by atoms with E-state index in [-0.39, 0.29) is 11.1 Å². The predicted octanol–water partition coefficient (Wildman–Crippen LogP) is 6.62. The first-order valence-electron chi connectivity index (χ1n) is 11.8. The molecule has 178 valence electrons. The van der Waals surface area contributed by atoms with Gasteiger partial charge in [-0.1, -0.05) is 55.7 Å². The molecule has 0 spiro atoms. The van der Waals surface area contributed by atoms with Crippen molar-refractivity contribution >= 4 is 29.0 Å². The van der Waals surface area contributed by atoms with Crippen LogP contribution in [0.3, 0.4) is 0 Å². The molecule has 2 aliphatic rings. The van der Waals surface area contributed by atoms with Gasteiger partial charge in [-0.25, -0.2) is 0 Å². The van der Waals surface area contributed by atoms with Crippen LogP contribution in [0.15, 0.2) is 60.0 Å². The zero-order valence-electron chi connectivity index (χ0n) is 19.6. The van der Waals surface area contributed by atoms with Crippen LogP contribution in [0.25, 0.3) is 6.08 Å². The summed E-state index contributed by atoms with van der Waals surface area (Å²) in [5.41, 5.74) is 2.77. The van der Waals surface area contributed by atoms with E-state index in [1.54, 1.807) is 13.2 Å². The fourth-order valence-corrected chi connectivity index (χ4v) is 5.40. The number of allylic oxidation sites excluding steroid dienone is 1. The number of ether oxygens (including phenoxy) is 2. The van der Waals surface area contributed by atoms with Gasteiger partial charge in [-0.05, 0) is 66.3 Å². The molecule has 1 saturated carbocycles. The first-order valence-corrected chi connectivity index (χ1v) is 12.6. The van der Waals surface area contributed by atoms with Gasteiger partial charge in [0.1, 0.15) is 6.61 Å². The summed E-state index contributed by atoms with van der Waals surface area (Å²) >= 11 is 1.02. The highest BCUT2D eigenvalue weighted by molar-refractivity contribution is 8.18. The highest BCUT2D eigenvalue weighted by atomic mass is 32.2. The van der Waals surface area contributed by atoms with Gasteiger partial charge in [0, 0.05) is 12.1 Å². The highest BCUT2D eigenvalue weighted by Crippen LogP contribution is 2.38. The summed E-state index contributed by atoms with van der Waals surface area (Å²) in [7, 11) is 1.60. The topological polar surface area (TPSA) is 55.8 Å². The minimum absolute atomic E-state index is 0.178. The fourth-order valence-electron chi connectivity index (χ4n) is 4.56. The van der Waals surface area contributed by atoms with Gasteiger partial charge >= 0.3 is 0 Å². The van der Waals surface area contributed by atoms with Gasteiger partial charge in [-0.2, -0.15) is 0 Å². The number of imide groups is 1. The Kier molecular flexibility index (Phi) is 8.12. The second kappa shape index (κ2) is 11.4. The van der Waals surface area contributed by atoms with Crippen LogP contribution < -0.4 is 9.47 Å². The van der Waals surface area contributed by atoms with Gasteiger partial charge in [0.2, 0.25) is 0 Å². The number of hydrogen-bond acceptors (Lipinski definition) is 5. The van der Waals surface area contributed by atoms with Gasteiger partial charge in [0.15, 0.2) is 11.5 Å². The normalized spacial score (nSPS) is 17.9. The number of nitrogens with zero attached hydrogens (tertiary/aromatic N) is 1. The van der Waals surface area contributed by atoms with Crippen LogP contribution in [-0.4, -0.2) is 29.7 Å². The Hall–Kier alpha value is -2.99. The number of methoxy groups -OCH3 is 1. The van der Waals surface area contributed by atoms with Crippen molar-refractivity contribution in [2.75, 3.05) is 13.7 Å². The largest absolute Gasteiger partial charge is 0.493 e. The Morgan fingerprint density at radius 3 is 2.59 bits per heavy atom. The SMILES string of the molecule is C=CCc1cc(/C=C2/SC(=O)N(CC3CCCCC3)C2=O)cc(OC)c1OCc1ccccc1. The minimum Gasteiger partial charge on any atom is -0.493 e. The fraction of sp³-hybridized carbons (Fsp3) is 0.357. The first-order chi connectivity index (χ1) is 16.6. The third-order valence-electron chi connectivity index (χ3n) is 6.30. The van der Waals surface area contributed by atoms with Crippen LogP contribution in [-0.2, 0) is 17.8 Å². The predicted molar refractivity (Wildman–Crippen MR) is 137 cm³/mol. The molecular weight excluding hydrogens is 446 g/mol. The number of carbonyl (C=O) groups is 2. The van der Waals surface area contributed by atoms with Crippen LogP contribution in [0.1, 0.15) is 48.8 Å². The van der Waals surface area contributed by atoms with Crippen LogP contribution in [0, 0.1) is 5.92 Å². The van der Waals surface area contributed by atoms with Crippen molar-refractivity contribution in [3.8, 4) is 11.5 Å². The molecule has 4 rings (SSSR count). The van der Waals surface area contributed by atoms with Gasteiger partial charge in [-0.15, -0.1) is 6.58 Å². The van der Waals surface area contributed by atoms with E-state index in [4.69, 9.17) is 9.47 Å². The van der Waals surface area contributed by atoms with Crippen molar-refractivity contribution in [3.63, 3.8) is 0 Å². The molecule has 2 fully saturated rings. The van der Waals surface area contributed by atoms with Crippen molar-refractivity contribution in [2.45, 2.75) is 45.1 Å². The van der Waals surface area contributed by atoms with E-state index < -0.39 is 0 Å². The molecule has 0 atom stereocenters.